The van der Waals surface area contributed by atoms with Crippen LogP contribution in [0.5, 0.6) is 0 Å². The minimum atomic E-state index is -0.538. The van der Waals surface area contributed by atoms with E-state index < -0.39 is 11.7 Å². The SMILES string of the molecule is CC1(C(O)Cc2ccc(Cl)cc2Cl)CCCO1. The molecule has 0 bridgehead atoms. The van der Waals surface area contributed by atoms with Gasteiger partial charge in [-0.15, -0.1) is 0 Å². The van der Waals surface area contributed by atoms with E-state index in [1.165, 1.54) is 0 Å². The third-order valence-electron chi connectivity index (χ3n) is 3.38. The zero-order valence-corrected chi connectivity index (χ0v) is 11.3. The molecule has 4 heteroatoms. The third kappa shape index (κ3) is 2.94. The Morgan fingerprint density at radius 3 is 2.82 bits per heavy atom. The van der Waals surface area contributed by atoms with E-state index in [0.717, 1.165) is 25.0 Å². The van der Waals surface area contributed by atoms with Crippen molar-refractivity contribution < 1.29 is 9.84 Å². The summed E-state index contributed by atoms with van der Waals surface area (Å²) < 4.78 is 5.62. The van der Waals surface area contributed by atoms with Crippen molar-refractivity contribution in [1.82, 2.24) is 0 Å². The molecule has 2 atom stereocenters. The van der Waals surface area contributed by atoms with Crippen LogP contribution in [0, 0.1) is 0 Å². The molecule has 0 radical (unpaired) electrons. The summed E-state index contributed by atoms with van der Waals surface area (Å²) in [5, 5.41) is 11.4. The predicted octanol–water partition coefficient (Wildman–Crippen LogP) is 3.47. The van der Waals surface area contributed by atoms with E-state index in [2.05, 4.69) is 0 Å². The number of halogens is 2. The van der Waals surface area contributed by atoms with E-state index in [0.29, 0.717) is 16.5 Å². The maximum absolute atomic E-state index is 10.2. The van der Waals surface area contributed by atoms with Crippen LogP contribution >= 0.6 is 23.2 Å². The largest absolute Gasteiger partial charge is 0.390 e. The Labute approximate surface area is 111 Å². The summed E-state index contributed by atoms with van der Waals surface area (Å²) in [6.45, 7) is 2.68. The summed E-state index contributed by atoms with van der Waals surface area (Å²) in [5.41, 5.74) is 0.462. The van der Waals surface area contributed by atoms with Crippen molar-refractivity contribution in [3.8, 4) is 0 Å². The molecule has 94 valence electrons. The molecule has 2 nitrogen and oxygen atoms in total. The van der Waals surface area contributed by atoms with E-state index in [9.17, 15) is 5.11 Å². The zero-order chi connectivity index (χ0) is 12.5. The average Bonchev–Trinajstić information content (AvgIpc) is 2.71. The molecular formula is C13H16Cl2O2. The standard InChI is InChI=1S/C13H16Cl2O2/c1-13(5-2-6-17-13)12(16)7-9-3-4-10(14)8-11(9)15/h3-4,8,12,16H,2,5-7H2,1H3. The first kappa shape index (κ1) is 13.2. The molecule has 2 rings (SSSR count). The molecule has 1 aliphatic heterocycles. The second-order valence-electron chi connectivity index (χ2n) is 4.72. The maximum atomic E-state index is 10.2. The van der Waals surface area contributed by atoms with Crippen molar-refractivity contribution in [2.24, 2.45) is 0 Å². The lowest BCUT2D eigenvalue weighted by Gasteiger charge is -2.29. The van der Waals surface area contributed by atoms with Gasteiger partial charge in [-0.05, 0) is 37.5 Å². The van der Waals surface area contributed by atoms with Crippen LogP contribution in [0.4, 0.5) is 0 Å². The van der Waals surface area contributed by atoms with Crippen LogP contribution in [-0.2, 0) is 11.2 Å². The average molecular weight is 275 g/mol. The van der Waals surface area contributed by atoms with E-state index in [1.54, 1.807) is 12.1 Å². The van der Waals surface area contributed by atoms with Crippen LogP contribution in [0.3, 0.4) is 0 Å². The Hall–Kier alpha value is -0.280. The van der Waals surface area contributed by atoms with Gasteiger partial charge in [0, 0.05) is 23.1 Å². The smallest absolute Gasteiger partial charge is 0.0916 e. The van der Waals surface area contributed by atoms with Crippen molar-refractivity contribution in [3.05, 3.63) is 33.8 Å². The molecule has 0 spiro atoms. The molecule has 1 N–H and O–H groups in total. The van der Waals surface area contributed by atoms with Gasteiger partial charge in [-0.25, -0.2) is 0 Å². The highest BCUT2D eigenvalue weighted by Gasteiger charge is 2.37. The van der Waals surface area contributed by atoms with Gasteiger partial charge in [0.2, 0.25) is 0 Å². The van der Waals surface area contributed by atoms with Crippen molar-refractivity contribution in [2.45, 2.75) is 37.9 Å². The van der Waals surface area contributed by atoms with Gasteiger partial charge in [-0.2, -0.15) is 0 Å². The van der Waals surface area contributed by atoms with Gasteiger partial charge in [0.1, 0.15) is 0 Å². The summed E-state index contributed by atoms with van der Waals surface area (Å²) in [4.78, 5) is 0. The topological polar surface area (TPSA) is 29.5 Å². The first-order valence-corrected chi connectivity index (χ1v) is 6.53. The lowest BCUT2D eigenvalue weighted by atomic mass is 9.91. The second kappa shape index (κ2) is 5.15. The van der Waals surface area contributed by atoms with Gasteiger partial charge in [-0.1, -0.05) is 29.3 Å². The maximum Gasteiger partial charge on any atom is 0.0916 e. The summed E-state index contributed by atoms with van der Waals surface area (Å²) in [7, 11) is 0. The summed E-state index contributed by atoms with van der Waals surface area (Å²) >= 11 is 11.9. The minimum absolute atomic E-state index is 0.442. The van der Waals surface area contributed by atoms with E-state index in [-0.39, 0.29) is 0 Å². The number of hydrogen-bond acceptors (Lipinski definition) is 2. The Balaban J connectivity index is 2.10. The monoisotopic (exact) mass is 274 g/mol. The Kier molecular flexibility index (Phi) is 3.99. The first-order valence-electron chi connectivity index (χ1n) is 5.77. The minimum Gasteiger partial charge on any atom is -0.390 e. The number of aliphatic hydroxyl groups excluding tert-OH is 1. The highest BCUT2D eigenvalue weighted by molar-refractivity contribution is 6.35. The lowest BCUT2D eigenvalue weighted by Crippen LogP contribution is -2.40. The third-order valence-corrected chi connectivity index (χ3v) is 3.97. The molecule has 1 aromatic rings. The number of hydrogen-bond donors (Lipinski definition) is 1. The molecule has 1 aromatic carbocycles. The molecular weight excluding hydrogens is 259 g/mol. The zero-order valence-electron chi connectivity index (χ0n) is 9.75. The van der Waals surface area contributed by atoms with Crippen LogP contribution in [0.1, 0.15) is 25.3 Å². The fraction of sp³-hybridized carbons (Fsp3) is 0.538. The van der Waals surface area contributed by atoms with Crippen LogP contribution in [0.25, 0.3) is 0 Å². The van der Waals surface area contributed by atoms with E-state index in [1.807, 2.05) is 13.0 Å². The Bertz CT molecular complexity index is 400. The Morgan fingerprint density at radius 1 is 1.47 bits per heavy atom. The summed E-state index contributed by atoms with van der Waals surface area (Å²) in [5.74, 6) is 0. The van der Waals surface area contributed by atoms with Crippen LogP contribution in [0.15, 0.2) is 18.2 Å². The molecule has 0 amide bonds. The number of rotatable bonds is 3. The fourth-order valence-electron chi connectivity index (χ4n) is 2.17. The molecule has 1 fully saturated rings. The molecule has 0 saturated carbocycles. The van der Waals surface area contributed by atoms with Gasteiger partial charge in [-0.3, -0.25) is 0 Å². The lowest BCUT2D eigenvalue weighted by molar-refractivity contribution is -0.0768. The number of benzene rings is 1. The van der Waals surface area contributed by atoms with Crippen molar-refractivity contribution in [2.75, 3.05) is 6.61 Å². The molecule has 17 heavy (non-hydrogen) atoms. The number of ether oxygens (including phenoxy) is 1. The van der Waals surface area contributed by atoms with Gasteiger partial charge in [0.15, 0.2) is 0 Å². The van der Waals surface area contributed by atoms with Crippen LogP contribution in [-0.4, -0.2) is 23.4 Å². The van der Waals surface area contributed by atoms with Crippen molar-refractivity contribution >= 4 is 23.2 Å². The van der Waals surface area contributed by atoms with Crippen LogP contribution in [0.2, 0.25) is 10.0 Å². The summed E-state index contributed by atoms with van der Waals surface area (Å²) in [6, 6.07) is 5.34. The predicted molar refractivity (Wildman–Crippen MR) is 69.8 cm³/mol. The molecule has 0 aromatic heterocycles. The van der Waals surface area contributed by atoms with Gasteiger partial charge < -0.3 is 9.84 Å². The van der Waals surface area contributed by atoms with E-state index in [4.69, 9.17) is 27.9 Å². The normalized spacial score (nSPS) is 26.1. The first-order chi connectivity index (χ1) is 8.01. The highest BCUT2D eigenvalue weighted by Crippen LogP contribution is 2.32. The fourth-order valence-corrected chi connectivity index (χ4v) is 2.66. The van der Waals surface area contributed by atoms with Crippen molar-refractivity contribution in [3.63, 3.8) is 0 Å². The molecule has 2 unspecified atom stereocenters. The second-order valence-corrected chi connectivity index (χ2v) is 5.56. The molecule has 1 heterocycles. The molecule has 0 aliphatic carbocycles. The van der Waals surface area contributed by atoms with Crippen LogP contribution < -0.4 is 0 Å². The summed E-state index contributed by atoms with van der Waals surface area (Å²) in [6.07, 6.45) is 1.84. The molecule has 1 aliphatic rings. The highest BCUT2D eigenvalue weighted by atomic mass is 35.5. The van der Waals surface area contributed by atoms with Gasteiger partial charge in [0.05, 0.1) is 11.7 Å². The van der Waals surface area contributed by atoms with Gasteiger partial charge >= 0.3 is 0 Å². The van der Waals surface area contributed by atoms with E-state index >= 15 is 0 Å². The number of aliphatic hydroxyl groups is 1. The molecule has 1 saturated heterocycles. The quantitative estimate of drug-likeness (QED) is 0.915. The van der Waals surface area contributed by atoms with Crippen molar-refractivity contribution in [1.29, 1.82) is 0 Å². The van der Waals surface area contributed by atoms with Gasteiger partial charge in [0.25, 0.3) is 0 Å². The Morgan fingerprint density at radius 2 is 2.24 bits per heavy atom.